The van der Waals surface area contributed by atoms with Gasteiger partial charge in [0.25, 0.3) is 0 Å². The lowest BCUT2D eigenvalue weighted by Gasteiger charge is -2.25. The van der Waals surface area contributed by atoms with Crippen LogP contribution in [0.25, 0.3) is 0 Å². The second kappa shape index (κ2) is 5.71. The number of carbonyl (C=O) groups is 1. The predicted molar refractivity (Wildman–Crippen MR) is 71.7 cm³/mol. The molecule has 0 aromatic carbocycles. The van der Waals surface area contributed by atoms with Crippen molar-refractivity contribution in [3.63, 3.8) is 0 Å². The minimum Gasteiger partial charge on any atom is -0.478 e. The van der Waals surface area contributed by atoms with Gasteiger partial charge < -0.3 is 10.4 Å². The van der Waals surface area contributed by atoms with E-state index in [-0.39, 0.29) is 12.4 Å². The smallest absolute Gasteiger partial charge is 0.338 e. The molecule has 1 rings (SSSR count). The van der Waals surface area contributed by atoms with Crippen LogP contribution < -0.4 is 10.0 Å². The summed E-state index contributed by atoms with van der Waals surface area (Å²) in [5.74, 6) is -2.63. The highest BCUT2D eigenvalue weighted by atomic mass is 32.2. The Labute approximate surface area is 116 Å². The number of rotatable bonds is 6. The average Bonchev–Trinajstić information content (AvgIpc) is 2.24. The van der Waals surface area contributed by atoms with Gasteiger partial charge in [-0.25, -0.2) is 27.3 Å². The summed E-state index contributed by atoms with van der Waals surface area (Å²) in [5.41, 5.74) is -1.39. The molecule has 0 bridgehead atoms. The van der Waals surface area contributed by atoms with Gasteiger partial charge in [0.15, 0.2) is 11.6 Å². The highest BCUT2D eigenvalue weighted by Crippen LogP contribution is 2.16. The summed E-state index contributed by atoms with van der Waals surface area (Å²) < 4.78 is 38.5. The van der Waals surface area contributed by atoms with E-state index in [0.717, 1.165) is 18.5 Å². The van der Waals surface area contributed by atoms with Gasteiger partial charge in [0.2, 0.25) is 10.0 Å². The number of nitrogens with zero attached hydrogens (tertiary/aromatic N) is 1. The van der Waals surface area contributed by atoms with Gasteiger partial charge in [0.05, 0.1) is 6.26 Å². The van der Waals surface area contributed by atoms with Crippen LogP contribution in [0.2, 0.25) is 0 Å². The van der Waals surface area contributed by atoms with Crippen molar-refractivity contribution in [1.29, 1.82) is 0 Å². The first-order chi connectivity index (χ1) is 9.02. The number of carboxylic acids is 1. The molecule has 7 nitrogen and oxygen atoms in total. The molecule has 0 amide bonds. The number of carboxylic acid groups (broad SMARTS) is 1. The highest BCUT2D eigenvalue weighted by molar-refractivity contribution is 7.88. The van der Waals surface area contributed by atoms with E-state index in [1.165, 1.54) is 0 Å². The van der Waals surface area contributed by atoms with Gasteiger partial charge >= 0.3 is 5.97 Å². The molecule has 0 saturated heterocycles. The normalized spacial score (nSPS) is 12.2. The van der Waals surface area contributed by atoms with Crippen molar-refractivity contribution in [2.24, 2.45) is 0 Å². The van der Waals surface area contributed by atoms with Crippen LogP contribution in [0.3, 0.4) is 0 Å². The molecule has 0 atom stereocenters. The molecule has 1 aromatic rings. The first-order valence-corrected chi connectivity index (χ1v) is 7.51. The van der Waals surface area contributed by atoms with Gasteiger partial charge in [-0.3, -0.25) is 0 Å². The molecule has 0 aliphatic rings. The Hall–Kier alpha value is -1.74. The van der Waals surface area contributed by atoms with Crippen molar-refractivity contribution >= 4 is 21.8 Å². The van der Waals surface area contributed by atoms with E-state index in [4.69, 9.17) is 5.11 Å². The largest absolute Gasteiger partial charge is 0.478 e. The molecule has 3 N–H and O–H groups in total. The fraction of sp³-hybridized carbons (Fsp3) is 0.455. The Morgan fingerprint density at radius 2 is 2.10 bits per heavy atom. The monoisotopic (exact) mass is 305 g/mol. The Kier molecular flexibility index (Phi) is 4.66. The van der Waals surface area contributed by atoms with Crippen LogP contribution in [-0.4, -0.2) is 42.8 Å². The van der Waals surface area contributed by atoms with Crippen LogP contribution in [0.5, 0.6) is 0 Å². The zero-order valence-electron chi connectivity index (χ0n) is 11.3. The van der Waals surface area contributed by atoms with Crippen LogP contribution in [0.15, 0.2) is 12.3 Å². The summed E-state index contributed by atoms with van der Waals surface area (Å²) in [5, 5.41) is 11.4. The standard InChI is InChI=1S/C11H16FN3O4S/c1-11(2,15-20(3,18)19)6-14-9-8(12)7(10(16)17)4-5-13-9/h4-5,15H,6H2,1-3H3,(H,13,14)(H,16,17). The van der Waals surface area contributed by atoms with Crippen LogP contribution in [0.1, 0.15) is 24.2 Å². The maximum absolute atomic E-state index is 13.8. The molecule has 0 radical (unpaired) electrons. The Morgan fingerprint density at radius 1 is 1.50 bits per heavy atom. The maximum atomic E-state index is 13.8. The minimum atomic E-state index is -3.42. The molecule has 20 heavy (non-hydrogen) atoms. The zero-order valence-corrected chi connectivity index (χ0v) is 12.1. The molecule has 0 aliphatic carbocycles. The summed E-state index contributed by atoms with van der Waals surface area (Å²) in [7, 11) is -3.42. The van der Waals surface area contributed by atoms with Gasteiger partial charge in [0.1, 0.15) is 5.56 Å². The van der Waals surface area contributed by atoms with Crippen LogP contribution in [-0.2, 0) is 10.0 Å². The molecule has 0 spiro atoms. The second-order valence-corrected chi connectivity index (χ2v) is 6.69. The summed E-state index contributed by atoms with van der Waals surface area (Å²) in [6, 6.07) is 1.04. The molecule has 112 valence electrons. The Morgan fingerprint density at radius 3 is 2.60 bits per heavy atom. The second-order valence-electron chi connectivity index (χ2n) is 4.94. The molecule has 1 aromatic heterocycles. The summed E-state index contributed by atoms with van der Waals surface area (Å²) in [6.45, 7) is 3.23. The number of nitrogens with one attached hydrogen (secondary N) is 2. The Balaban J connectivity index is 2.85. The van der Waals surface area contributed by atoms with Crippen molar-refractivity contribution in [3.05, 3.63) is 23.6 Å². The molecule has 0 fully saturated rings. The lowest BCUT2D eigenvalue weighted by Crippen LogP contribution is -2.48. The van der Waals surface area contributed by atoms with Gasteiger partial charge in [-0.05, 0) is 19.9 Å². The topological polar surface area (TPSA) is 108 Å². The van der Waals surface area contributed by atoms with Crippen molar-refractivity contribution in [1.82, 2.24) is 9.71 Å². The highest BCUT2D eigenvalue weighted by Gasteiger charge is 2.23. The number of anilines is 1. The number of hydrogen-bond acceptors (Lipinski definition) is 5. The van der Waals surface area contributed by atoms with Gasteiger partial charge in [-0.15, -0.1) is 0 Å². The number of halogens is 1. The van der Waals surface area contributed by atoms with Crippen LogP contribution in [0.4, 0.5) is 10.2 Å². The molecule has 1 heterocycles. The SMILES string of the molecule is CC(C)(CNc1nccc(C(=O)O)c1F)NS(C)(=O)=O. The van der Waals surface area contributed by atoms with Gasteiger partial charge in [-0.2, -0.15) is 0 Å². The van der Waals surface area contributed by atoms with E-state index < -0.39 is 32.9 Å². The molecule has 0 aliphatic heterocycles. The van der Waals surface area contributed by atoms with E-state index in [1.54, 1.807) is 13.8 Å². The number of aromatic nitrogens is 1. The molecular weight excluding hydrogens is 289 g/mol. The average molecular weight is 305 g/mol. The van der Waals surface area contributed by atoms with E-state index in [1.807, 2.05) is 0 Å². The number of aromatic carboxylic acids is 1. The third kappa shape index (κ3) is 4.74. The van der Waals surface area contributed by atoms with Crippen LogP contribution >= 0.6 is 0 Å². The fourth-order valence-corrected chi connectivity index (χ4v) is 2.65. The van der Waals surface area contributed by atoms with Crippen molar-refractivity contribution in [2.75, 3.05) is 18.1 Å². The van der Waals surface area contributed by atoms with Crippen molar-refractivity contribution in [3.8, 4) is 0 Å². The first-order valence-electron chi connectivity index (χ1n) is 5.62. The first kappa shape index (κ1) is 16.3. The van der Waals surface area contributed by atoms with E-state index in [9.17, 15) is 17.6 Å². The zero-order chi connectivity index (χ0) is 15.6. The quantitative estimate of drug-likeness (QED) is 0.712. The van der Waals surface area contributed by atoms with Gasteiger partial charge in [-0.1, -0.05) is 0 Å². The minimum absolute atomic E-state index is 0.0348. The maximum Gasteiger partial charge on any atom is 0.338 e. The molecule has 0 unspecified atom stereocenters. The molecular formula is C11H16FN3O4S. The summed E-state index contributed by atoms with van der Waals surface area (Å²) in [6.07, 6.45) is 2.17. The third-order valence-electron chi connectivity index (χ3n) is 2.28. The van der Waals surface area contributed by atoms with E-state index in [2.05, 4.69) is 15.0 Å². The van der Waals surface area contributed by atoms with Crippen molar-refractivity contribution in [2.45, 2.75) is 19.4 Å². The van der Waals surface area contributed by atoms with Gasteiger partial charge in [0, 0.05) is 18.3 Å². The third-order valence-corrected chi connectivity index (χ3v) is 3.20. The summed E-state index contributed by atoms with van der Waals surface area (Å²) >= 11 is 0. The number of hydrogen-bond donors (Lipinski definition) is 3. The lowest BCUT2D eigenvalue weighted by atomic mass is 10.1. The van der Waals surface area contributed by atoms with E-state index >= 15 is 0 Å². The Bertz CT molecular complexity index is 616. The van der Waals surface area contributed by atoms with Crippen molar-refractivity contribution < 1.29 is 22.7 Å². The molecule has 9 heteroatoms. The van der Waals surface area contributed by atoms with E-state index in [0.29, 0.717) is 0 Å². The number of sulfonamides is 1. The fourth-order valence-electron chi connectivity index (χ4n) is 1.57. The predicted octanol–water partition coefficient (Wildman–Crippen LogP) is 0.659. The summed E-state index contributed by atoms with van der Waals surface area (Å²) in [4.78, 5) is 14.5. The van der Waals surface area contributed by atoms with Crippen LogP contribution in [0, 0.1) is 5.82 Å². The lowest BCUT2D eigenvalue weighted by molar-refractivity contribution is 0.0692. The number of pyridine rings is 1. The molecule has 0 saturated carbocycles.